The van der Waals surface area contributed by atoms with Crippen LogP contribution in [0.25, 0.3) is 0 Å². The summed E-state index contributed by atoms with van der Waals surface area (Å²) in [5, 5.41) is 11.3. The number of halogens is 2. The minimum atomic E-state index is -2.78. The normalized spacial score (nSPS) is 12.9. The number of alkyl halides is 2. The predicted octanol–water partition coefficient (Wildman–Crippen LogP) is 0.0967. The first-order chi connectivity index (χ1) is 6.59. The molecule has 7 heteroatoms. The Morgan fingerprint density at radius 1 is 1.50 bits per heavy atom. The molecule has 1 aromatic heterocycles. The van der Waals surface area contributed by atoms with Crippen LogP contribution >= 0.6 is 0 Å². The van der Waals surface area contributed by atoms with Crippen LogP contribution in [-0.2, 0) is 0 Å². The summed E-state index contributed by atoms with van der Waals surface area (Å²) >= 11 is 0. The van der Waals surface area contributed by atoms with Gasteiger partial charge >= 0.3 is 0 Å². The van der Waals surface area contributed by atoms with Gasteiger partial charge in [-0.05, 0) is 0 Å². The number of hydrogen-bond donors (Lipinski definition) is 3. The van der Waals surface area contributed by atoms with E-state index in [0.717, 1.165) is 0 Å². The van der Waals surface area contributed by atoms with Gasteiger partial charge in [0.2, 0.25) is 0 Å². The average molecular weight is 204 g/mol. The minimum absolute atomic E-state index is 0.231. The van der Waals surface area contributed by atoms with Crippen molar-refractivity contribution in [3.8, 4) is 0 Å². The molecule has 0 aromatic carbocycles. The van der Waals surface area contributed by atoms with Crippen molar-refractivity contribution in [1.29, 1.82) is 0 Å². The number of rotatable bonds is 4. The zero-order valence-corrected chi connectivity index (χ0v) is 7.19. The lowest BCUT2D eigenvalue weighted by Crippen LogP contribution is -2.27. The molecule has 0 aliphatic rings. The Bertz CT molecular complexity index is 297. The van der Waals surface area contributed by atoms with Crippen molar-refractivity contribution in [2.24, 2.45) is 0 Å². The molecule has 1 heterocycles. The van der Waals surface area contributed by atoms with Gasteiger partial charge in [0.05, 0.1) is 0 Å². The van der Waals surface area contributed by atoms with Gasteiger partial charge in [-0.15, -0.1) is 0 Å². The molecule has 0 amide bonds. The third kappa shape index (κ3) is 3.09. The molecule has 0 radical (unpaired) electrons. The van der Waals surface area contributed by atoms with Crippen molar-refractivity contribution >= 4 is 11.6 Å². The van der Waals surface area contributed by atoms with E-state index >= 15 is 0 Å². The highest BCUT2D eigenvalue weighted by Gasteiger charge is 2.16. The van der Waals surface area contributed by atoms with Gasteiger partial charge in [-0.1, -0.05) is 0 Å². The van der Waals surface area contributed by atoms with E-state index < -0.39 is 12.5 Å². The first-order valence-corrected chi connectivity index (χ1v) is 3.87. The van der Waals surface area contributed by atoms with Gasteiger partial charge < -0.3 is 16.2 Å². The van der Waals surface area contributed by atoms with E-state index in [1.165, 1.54) is 12.4 Å². The van der Waals surface area contributed by atoms with Crippen LogP contribution in [0.2, 0.25) is 0 Å². The SMILES string of the molecule is Nc1cc(NCC(O)C(F)F)ncn1. The zero-order chi connectivity index (χ0) is 10.6. The zero-order valence-electron chi connectivity index (χ0n) is 7.19. The Balaban J connectivity index is 2.45. The van der Waals surface area contributed by atoms with Crippen molar-refractivity contribution in [2.45, 2.75) is 12.5 Å². The monoisotopic (exact) mass is 204 g/mol. The molecule has 78 valence electrons. The molecular formula is C7H10F2N4O. The fraction of sp³-hybridized carbons (Fsp3) is 0.429. The first-order valence-electron chi connectivity index (χ1n) is 3.87. The van der Waals surface area contributed by atoms with E-state index in [2.05, 4.69) is 15.3 Å². The Labute approximate surface area is 79.0 Å². The molecule has 4 N–H and O–H groups in total. The van der Waals surface area contributed by atoms with E-state index in [-0.39, 0.29) is 12.4 Å². The Hall–Kier alpha value is -1.50. The Kier molecular flexibility index (Phi) is 3.52. The maximum absolute atomic E-state index is 11.9. The van der Waals surface area contributed by atoms with Crippen molar-refractivity contribution < 1.29 is 13.9 Å². The van der Waals surface area contributed by atoms with Crippen molar-refractivity contribution in [3.05, 3.63) is 12.4 Å². The summed E-state index contributed by atoms with van der Waals surface area (Å²) in [4.78, 5) is 7.33. The molecular weight excluding hydrogens is 194 g/mol. The summed E-state index contributed by atoms with van der Waals surface area (Å²) in [6, 6.07) is 1.39. The van der Waals surface area contributed by atoms with Crippen LogP contribution in [0.4, 0.5) is 20.4 Å². The molecule has 0 spiro atoms. The van der Waals surface area contributed by atoms with Crippen molar-refractivity contribution in [1.82, 2.24) is 9.97 Å². The quantitative estimate of drug-likeness (QED) is 0.647. The van der Waals surface area contributed by atoms with E-state index in [9.17, 15) is 8.78 Å². The van der Waals surface area contributed by atoms with Crippen molar-refractivity contribution in [2.75, 3.05) is 17.6 Å². The Morgan fingerprint density at radius 3 is 2.79 bits per heavy atom. The number of anilines is 2. The fourth-order valence-electron chi connectivity index (χ4n) is 0.767. The van der Waals surface area contributed by atoms with Crippen molar-refractivity contribution in [3.63, 3.8) is 0 Å². The average Bonchev–Trinajstić information content (AvgIpc) is 2.14. The molecule has 0 aliphatic heterocycles. The maximum atomic E-state index is 11.9. The van der Waals surface area contributed by atoms with Crippen LogP contribution in [0.1, 0.15) is 0 Å². The molecule has 1 atom stereocenters. The fourth-order valence-corrected chi connectivity index (χ4v) is 0.767. The van der Waals surface area contributed by atoms with Gasteiger partial charge in [-0.3, -0.25) is 0 Å². The second kappa shape index (κ2) is 4.66. The van der Waals surface area contributed by atoms with Gasteiger partial charge in [0.15, 0.2) is 0 Å². The van der Waals surface area contributed by atoms with Gasteiger partial charge in [0, 0.05) is 12.6 Å². The molecule has 14 heavy (non-hydrogen) atoms. The van der Waals surface area contributed by atoms with Gasteiger partial charge in [-0.25, -0.2) is 18.7 Å². The molecule has 5 nitrogen and oxygen atoms in total. The number of aromatic nitrogens is 2. The molecule has 0 saturated heterocycles. The lowest BCUT2D eigenvalue weighted by atomic mass is 10.3. The number of aliphatic hydroxyl groups excluding tert-OH is 1. The molecule has 1 unspecified atom stereocenters. The number of hydrogen-bond acceptors (Lipinski definition) is 5. The highest BCUT2D eigenvalue weighted by molar-refractivity contribution is 5.43. The summed E-state index contributed by atoms with van der Waals surface area (Å²) in [5.41, 5.74) is 5.32. The molecule has 0 fully saturated rings. The summed E-state index contributed by atoms with van der Waals surface area (Å²) in [6.07, 6.45) is -3.29. The number of nitrogens with zero attached hydrogens (tertiary/aromatic N) is 2. The van der Waals surface area contributed by atoms with Crippen LogP contribution in [0.3, 0.4) is 0 Å². The number of nitrogen functional groups attached to an aromatic ring is 1. The second-order valence-electron chi connectivity index (χ2n) is 2.61. The summed E-state index contributed by atoms with van der Waals surface area (Å²) in [5.74, 6) is 0.534. The number of aliphatic hydroxyl groups is 1. The van der Waals surface area contributed by atoms with Crippen LogP contribution < -0.4 is 11.1 Å². The van der Waals surface area contributed by atoms with E-state index in [1.807, 2.05) is 0 Å². The van der Waals surface area contributed by atoms with Crippen LogP contribution in [0, 0.1) is 0 Å². The topological polar surface area (TPSA) is 84.1 Å². The van der Waals surface area contributed by atoms with Crippen LogP contribution in [0.5, 0.6) is 0 Å². The van der Waals surface area contributed by atoms with Crippen LogP contribution in [-0.4, -0.2) is 34.1 Å². The van der Waals surface area contributed by atoms with E-state index in [1.54, 1.807) is 0 Å². The van der Waals surface area contributed by atoms with E-state index in [0.29, 0.717) is 5.82 Å². The molecule has 0 bridgehead atoms. The largest absolute Gasteiger partial charge is 0.385 e. The molecule has 0 aliphatic carbocycles. The second-order valence-corrected chi connectivity index (χ2v) is 2.61. The lowest BCUT2D eigenvalue weighted by Gasteiger charge is -2.10. The highest BCUT2D eigenvalue weighted by atomic mass is 19.3. The van der Waals surface area contributed by atoms with Gasteiger partial charge in [0.25, 0.3) is 6.43 Å². The van der Waals surface area contributed by atoms with Gasteiger partial charge in [0.1, 0.15) is 24.1 Å². The standard InChI is InChI=1S/C7H10F2N4O/c8-7(9)4(14)2-11-6-1-5(10)12-3-13-6/h1,3-4,7,14H,2H2,(H3,10,11,12,13). The van der Waals surface area contributed by atoms with E-state index in [4.69, 9.17) is 10.8 Å². The highest BCUT2D eigenvalue weighted by Crippen LogP contribution is 2.06. The Morgan fingerprint density at radius 2 is 2.21 bits per heavy atom. The molecule has 1 aromatic rings. The first kappa shape index (κ1) is 10.6. The summed E-state index contributed by atoms with van der Waals surface area (Å²) < 4.78 is 23.7. The number of nitrogens with two attached hydrogens (primary N) is 1. The summed E-state index contributed by atoms with van der Waals surface area (Å²) in [6.45, 7) is -0.284. The smallest absolute Gasteiger partial charge is 0.265 e. The molecule has 1 rings (SSSR count). The third-order valence-corrected chi connectivity index (χ3v) is 1.47. The lowest BCUT2D eigenvalue weighted by molar-refractivity contribution is 0.00381. The minimum Gasteiger partial charge on any atom is -0.385 e. The summed E-state index contributed by atoms with van der Waals surface area (Å²) in [7, 11) is 0. The third-order valence-electron chi connectivity index (χ3n) is 1.47. The number of nitrogens with one attached hydrogen (secondary N) is 1. The predicted molar refractivity (Wildman–Crippen MR) is 46.9 cm³/mol. The molecule has 0 saturated carbocycles. The van der Waals surface area contributed by atoms with Gasteiger partial charge in [-0.2, -0.15) is 0 Å². The maximum Gasteiger partial charge on any atom is 0.265 e. The van der Waals surface area contributed by atoms with Crippen LogP contribution in [0.15, 0.2) is 12.4 Å².